The number of methoxy groups -OCH3 is 1. The molecule has 34 heavy (non-hydrogen) atoms. The number of carbonyl (C=O) groups is 2. The van der Waals surface area contributed by atoms with Gasteiger partial charge < -0.3 is 19.2 Å². The number of rotatable bonds is 9. The maximum absolute atomic E-state index is 12.5. The van der Waals surface area contributed by atoms with Crippen molar-refractivity contribution in [2.75, 3.05) is 32.1 Å². The fourth-order valence-corrected chi connectivity index (χ4v) is 4.71. The summed E-state index contributed by atoms with van der Waals surface area (Å²) in [4.78, 5) is 36.8. The predicted octanol–water partition coefficient (Wildman–Crippen LogP) is 2.63. The van der Waals surface area contributed by atoms with E-state index in [4.69, 9.17) is 13.9 Å². The minimum atomic E-state index is -3.62. The van der Waals surface area contributed by atoms with Crippen molar-refractivity contribution in [2.24, 2.45) is 0 Å². The Morgan fingerprint density at radius 2 is 1.74 bits per heavy atom. The molecule has 3 aromatic rings. The number of ether oxygens (including phenoxy) is 2. The lowest BCUT2D eigenvalue weighted by Gasteiger charge is -2.18. The van der Waals surface area contributed by atoms with E-state index in [1.807, 2.05) is 0 Å². The molecule has 0 atom stereocenters. The second kappa shape index (κ2) is 10.5. The van der Waals surface area contributed by atoms with E-state index < -0.39 is 34.1 Å². The smallest absolute Gasteiger partial charge is 0.351 e. The first kappa shape index (κ1) is 24.9. The van der Waals surface area contributed by atoms with E-state index in [2.05, 4.69) is 5.32 Å². The Kier molecular flexibility index (Phi) is 7.69. The summed E-state index contributed by atoms with van der Waals surface area (Å²) in [6, 6.07) is 11.8. The monoisotopic (exact) mass is 488 g/mol. The van der Waals surface area contributed by atoms with Crippen LogP contribution in [0.2, 0.25) is 0 Å². The van der Waals surface area contributed by atoms with Crippen LogP contribution in [0.4, 0.5) is 5.69 Å². The number of para-hydroxylation sites is 1. The van der Waals surface area contributed by atoms with E-state index in [-0.39, 0.29) is 16.0 Å². The number of nitrogens with one attached hydrogen (secondary N) is 1. The van der Waals surface area contributed by atoms with Crippen LogP contribution < -0.4 is 15.7 Å². The van der Waals surface area contributed by atoms with Gasteiger partial charge in [-0.05, 0) is 36.4 Å². The normalized spacial score (nSPS) is 11.4. The third-order valence-electron chi connectivity index (χ3n) is 4.98. The second-order valence-electron chi connectivity index (χ2n) is 7.06. The highest BCUT2D eigenvalue weighted by atomic mass is 32.2. The summed E-state index contributed by atoms with van der Waals surface area (Å²) in [6.07, 6.45) is 0. The quantitative estimate of drug-likeness (QED) is 0.359. The number of amides is 1. The predicted molar refractivity (Wildman–Crippen MR) is 124 cm³/mol. The zero-order valence-electron chi connectivity index (χ0n) is 18.9. The zero-order valence-corrected chi connectivity index (χ0v) is 19.7. The van der Waals surface area contributed by atoms with Crippen molar-refractivity contribution < 1.29 is 31.9 Å². The van der Waals surface area contributed by atoms with Crippen LogP contribution in [0.3, 0.4) is 0 Å². The topological polar surface area (TPSA) is 132 Å². The Bertz CT molecular complexity index is 1360. The number of esters is 1. The minimum Gasteiger partial charge on any atom is -0.493 e. The number of hydrogen-bond donors (Lipinski definition) is 1. The molecule has 0 spiro atoms. The molecule has 2 aromatic carbocycles. The van der Waals surface area contributed by atoms with E-state index in [9.17, 15) is 22.8 Å². The summed E-state index contributed by atoms with van der Waals surface area (Å²) in [7, 11) is -2.19. The van der Waals surface area contributed by atoms with Gasteiger partial charge in [-0.25, -0.2) is 18.0 Å². The van der Waals surface area contributed by atoms with Crippen LogP contribution >= 0.6 is 0 Å². The number of carbonyl (C=O) groups excluding carboxylic acids is 2. The summed E-state index contributed by atoms with van der Waals surface area (Å²) in [6.45, 7) is 3.51. The summed E-state index contributed by atoms with van der Waals surface area (Å²) in [5.74, 6) is -1.35. The average Bonchev–Trinajstić information content (AvgIpc) is 2.82. The van der Waals surface area contributed by atoms with Crippen LogP contribution in [0.25, 0.3) is 11.0 Å². The molecule has 1 N–H and O–H groups in total. The first-order valence-corrected chi connectivity index (χ1v) is 11.8. The molecule has 0 aliphatic heterocycles. The van der Waals surface area contributed by atoms with Gasteiger partial charge in [0.15, 0.2) is 17.9 Å². The Labute approximate surface area is 196 Å². The van der Waals surface area contributed by atoms with Gasteiger partial charge in [0, 0.05) is 24.2 Å². The molecule has 0 radical (unpaired) electrons. The Morgan fingerprint density at radius 3 is 2.35 bits per heavy atom. The lowest BCUT2D eigenvalue weighted by atomic mass is 10.2. The average molecular weight is 489 g/mol. The third-order valence-corrected chi connectivity index (χ3v) is 7.04. The standard InChI is InChI=1S/C23H24N2O8S/c1-4-25(5-2)34(29,30)17-11-9-16(10-12-17)24-20(26)14-32-22(27)18-13-15-7-6-8-19(31-3)21(15)33-23(18)28/h6-13H,4-5,14H2,1-3H3,(H,24,26). The summed E-state index contributed by atoms with van der Waals surface area (Å²) in [5, 5.41) is 2.96. The molecular formula is C23H24N2O8S. The number of fused-ring (bicyclic) bond motifs is 1. The van der Waals surface area contributed by atoms with Crippen molar-refractivity contribution in [3.05, 3.63) is 64.5 Å². The fourth-order valence-electron chi connectivity index (χ4n) is 3.25. The van der Waals surface area contributed by atoms with E-state index in [0.29, 0.717) is 29.9 Å². The van der Waals surface area contributed by atoms with E-state index in [1.54, 1.807) is 32.0 Å². The molecular weight excluding hydrogens is 464 g/mol. The van der Waals surface area contributed by atoms with Crippen LogP contribution in [0.1, 0.15) is 24.2 Å². The van der Waals surface area contributed by atoms with E-state index in [0.717, 1.165) is 0 Å². The van der Waals surface area contributed by atoms with Crippen LogP contribution in [-0.2, 0) is 19.6 Å². The molecule has 0 unspecified atom stereocenters. The number of hydrogen-bond acceptors (Lipinski definition) is 8. The van der Waals surface area contributed by atoms with Gasteiger partial charge in [0.2, 0.25) is 10.0 Å². The SMILES string of the molecule is CCN(CC)S(=O)(=O)c1ccc(NC(=O)COC(=O)c2cc3cccc(OC)c3oc2=O)cc1. The van der Waals surface area contributed by atoms with Crippen molar-refractivity contribution >= 4 is 38.6 Å². The molecule has 1 amide bonds. The van der Waals surface area contributed by atoms with Gasteiger partial charge in [-0.2, -0.15) is 4.31 Å². The summed E-state index contributed by atoms with van der Waals surface area (Å²) < 4.78 is 41.6. The highest BCUT2D eigenvalue weighted by Gasteiger charge is 2.22. The molecule has 0 aliphatic carbocycles. The molecule has 1 aromatic heterocycles. The molecule has 11 heteroatoms. The lowest BCUT2D eigenvalue weighted by molar-refractivity contribution is -0.119. The van der Waals surface area contributed by atoms with Crippen LogP contribution in [-0.4, -0.2) is 51.4 Å². The Balaban J connectivity index is 1.65. The number of sulfonamides is 1. The van der Waals surface area contributed by atoms with Gasteiger partial charge in [-0.3, -0.25) is 4.79 Å². The van der Waals surface area contributed by atoms with Crippen molar-refractivity contribution in [3.63, 3.8) is 0 Å². The van der Waals surface area contributed by atoms with E-state index >= 15 is 0 Å². The highest BCUT2D eigenvalue weighted by Crippen LogP contribution is 2.24. The minimum absolute atomic E-state index is 0.0975. The molecule has 1 heterocycles. The van der Waals surface area contributed by atoms with Crippen molar-refractivity contribution in [3.8, 4) is 5.75 Å². The maximum Gasteiger partial charge on any atom is 0.351 e. The van der Waals surface area contributed by atoms with Crippen molar-refractivity contribution in [1.29, 1.82) is 0 Å². The van der Waals surface area contributed by atoms with Gasteiger partial charge in [-0.15, -0.1) is 0 Å². The molecule has 10 nitrogen and oxygen atoms in total. The molecule has 0 fully saturated rings. The maximum atomic E-state index is 12.5. The zero-order chi connectivity index (χ0) is 24.9. The summed E-state index contributed by atoms with van der Waals surface area (Å²) in [5.41, 5.74) is -0.778. The Hall–Kier alpha value is -3.70. The number of nitrogens with zero attached hydrogens (tertiary/aromatic N) is 1. The van der Waals surface area contributed by atoms with Gasteiger partial charge in [0.25, 0.3) is 5.91 Å². The largest absolute Gasteiger partial charge is 0.493 e. The fraction of sp³-hybridized carbons (Fsp3) is 0.261. The number of anilines is 1. The lowest BCUT2D eigenvalue weighted by Crippen LogP contribution is -2.30. The number of benzene rings is 2. The van der Waals surface area contributed by atoms with Crippen LogP contribution in [0, 0.1) is 0 Å². The van der Waals surface area contributed by atoms with Gasteiger partial charge in [-0.1, -0.05) is 26.0 Å². The summed E-state index contributed by atoms with van der Waals surface area (Å²) >= 11 is 0. The van der Waals surface area contributed by atoms with E-state index in [1.165, 1.54) is 41.7 Å². The molecule has 0 aliphatic rings. The molecule has 180 valence electrons. The van der Waals surface area contributed by atoms with Gasteiger partial charge >= 0.3 is 11.6 Å². The second-order valence-corrected chi connectivity index (χ2v) is 9.00. The Morgan fingerprint density at radius 1 is 1.06 bits per heavy atom. The molecule has 0 saturated carbocycles. The third kappa shape index (κ3) is 5.26. The highest BCUT2D eigenvalue weighted by molar-refractivity contribution is 7.89. The van der Waals surface area contributed by atoms with Crippen LogP contribution in [0.15, 0.2) is 62.6 Å². The molecule has 0 bridgehead atoms. The van der Waals surface area contributed by atoms with Crippen LogP contribution in [0.5, 0.6) is 5.75 Å². The molecule has 0 saturated heterocycles. The first-order valence-electron chi connectivity index (χ1n) is 10.4. The van der Waals surface area contributed by atoms with Crippen molar-refractivity contribution in [2.45, 2.75) is 18.7 Å². The van der Waals surface area contributed by atoms with Crippen molar-refractivity contribution in [1.82, 2.24) is 4.31 Å². The first-order chi connectivity index (χ1) is 16.2. The van der Waals surface area contributed by atoms with Gasteiger partial charge in [0.1, 0.15) is 5.56 Å². The molecule has 3 rings (SSSR count). The van der Waals surface area contributed by atoms with Gasteiger partial charge in [0.05, 0.1) is 12.0 Å².